The van der Waals surface area contributed by atoms with E-state index in [4.69, 9.17) is 0 Å². The summed E-state index contributed by atoms with van der Waals surface area (Å²) >= 11 is 0. The molecule has 0 bridgehead atoms. The molecule has 0 saturated heterocycles. The summed E-state index contributed by atoms with van der Waals surface area (Å²) in [5.74, 6) is 0.250. The highest BCUT2D eigenvalue weighted by atomic mass is 16.1. The predicted octanol–water partition coefficient (Wildman–Crippen LogP) is 3.72. The topological polar surface area (TPSA) is 17.1 Å². The first kappa shape index (κ1) is 11.7. The smallest absolute Gasteiger partial charge is 0.137 e. The van der Waals surface area contributed by atoms with Gasteiger partial charge in [-0.25, -0.2) is 0 Å². The van der Waals surface area contributed by atoms with Gasteiger partial charge in [-0.3, -0.25) is 4.79 Å². The lowest BCUT2D eigenvalue weighted by Crippen LogP contribution is -2.07. The maximum atomic E-state index is 11.5. The zero-order chi connectivity index (χ0) is 11.3. The van der Waals surface area contributed by atoms with Gasteiger partial charge < -0.3 is 0 Å². The maximum Gasteiger partial charge on any atom is 0.137 e. The number of ketones is 1. The fourth-order valence-electron chi connectivity index (χ4n) is 1.58. The van der Waals surface area contributed by atoms with Crippen LogP contribution >= 0.6 is 0 Å². The molecule has 0 fully saturated rings. The van der Waals surface area contributed by atoms with Crippen LogP contribution < -0.4 is 0 Å². The van der Waals surface area contributed by atoms with Crippen LogP contribution in [0.1, 0.15) is 38.7 Å². The number of Topliss-reactive ketones (excluding diaryl/α,β-unsaturated/α-hetero) is 1. The monoisotopic (exact) mass is 202 g/mol. The number of rotatable bonds is 4. The van der Waals surface area contributed by atoms with Crippen molar-refractivity contribution in [2.45, 2.75) is 33.1 Å². The van der Waals surface area contributed by atoms with Gasteiger partial charge in [-0.15, -0.1) is 0 Å². The summed E-state index contributed by atoms with van der Waals surface area (Å²) in [6, 6.07) is 9.97. The summed E-state index contributed by atoms with van der Waals surface area (Å²) in [5.41, 5.74) is 2.37. The van der Waals surface area contributed by atoms with Crippen LogP contribution in [0.5, 0.6) is 0 Å². The molecule has 0 saturated carbocycles. The van der Waals surface area contributed by atoms with Crippen LogP contribution in [0, 0.1) is 0 Å². The lowest BCUT2D eigenvalue weighted by molar-refractivity contribution is -0.118. The van der Waals surface area contributed by atoms with Gasteiger partial charge in [0.05, 0.1) is 0 Å². The molecular weight excluding hydrogens is 184 g/mol. The second-order valence-electron chi connectivity index (χ2n) is 4.09. The number of carbonyl (C=O) groups is 1. The van der Waals surface area contributed by atoms with Gasteiger partial charge in [-0.05, 0) is 32.8 Å². The van der Waals surface area contributed by atoms with E-state index < -0.39 is 0 Å². The Morgan fingerprint density at radius 3 is 2.27 bits per heavy atom. The van der Waals surface area contributed by atoms with E-state index in [0.29, 0.717) is 0 Å². The van der Waals surface area contributed by atoms with E-state index in [9.17, 15) is 4.79 Å². The first-order valence-electron chi connectivity index (χ1n) is 5.30. The molecule has 1 atom stereocenters. The molecule has 1 rings (SSSR count). The third kappa shape index (κ3) is 3.70. The Hall–Kier alpha value is -1.37. The lowest BCUT2D eigenvalue weighted by Gasteiger charge is -2.11. The van der Waals surface area contributed by atoms with Crippen molar-refractivity contribution in [2.24, 2.45) is 0 Å². The van der Waals surface area contributed by atoms with Crippen molar-refractivity contribution >= 4 is 5.78 Å². The molecule has 0 radical (unpaired) electrons. The average molecular weight is 202 g/mol. The van der Waals surface area contributed by atoms with E-state index in [0.717, 1.165) is 12.0 Å². The number of hydrogen-bond acceptors (Lipinski definition) is 1. The zero-order valence-electron chi connectivity index (χ0n) is 9.66. The summed E-state index contributed by atoms with van der Waals surface area (Å²) in [7, 11) is 0. The summed E-state index contributed by atoms with van der Waals surface area (Å²) in [6.07, 6.45) is 2.93. The van der Waals surface area contributed by atoms with Gasteiger partial charge in [-0.1, -0.05) is 42.0 Å². The Bertz CT molecular complexity index is 345. The fourth-order valence-corrected chi connectivity index (χ4v) is 1.58. The Kier molecular flexibility index (Phi) is 4.29. The molecule has 1 nitrogen and oxygen atoms in total. The van der Waals surface area contributed by atoms with Crippen molar-refractivity contribution in [3.8, 4) is 0 Å². The van der Waals surface area contributed by atoms with Gasteiger partial charge in [0.1, 0.15) is 5.78 Å². The van der Waals surface area contributed by atoms with Crippen molar-refractivity contribution < 1.29 is 4.79 Å². The summed E-state index contributed by atoms with van der Waals surface area (Å²) < 4.78 is 0. The van der Waals surface area contributed by atoms with Gasteiger partial charge in [-0.2, -0.15) is 0 Å². The van der Waals surface area contributed by atoms with Crippen LogP contribution in [0.25, 0.3) is 0 Å². The molecule has 1 aromatic carbocycles. The molecule has 0 aromatic heterocycles. The van der Waals surface area contributed by atoms with Crippen molar-refractivity contribution in [2.75, 3.05) is 0 Å². The van der Waals surface area contributed by atoms with E-state index in [2.05, 4.69) is 19.9 Å². The van der Waals surface area contributed by atoms with Crippen LogP contribution in [0.3, 0.4) is 0 Å². The second-order valence-corrected chi connectivity index (χ2v) is 4.09. The number of hydrogen-bond donors (Lipinski definition) is 0. The molecule has 0 spiro atoms. The normalized spacial score (nSPS) is 11.9. The minimum absolute atomic E-state index is 0.0149. The Labute approximate surface area is 91.8 Å². The first-order valence-corrected chi connectivity index (χ1v) is 5.30. The number of benzene rings is 1. The molecule has 80 valence electrons. The highest BCUT2D eigenvalue weighted by Crippen LogP contribution is 2.21. The molecule has 1 aromatic rings. The quantitative estimate of drug-likeness (QED) is 0.680. The second kappa shape index (κ2) is 5.50. The zero-order valence-corrected chi connectivity index (χ0v) is 9.66. The third-order valence-electron chi connectivity index (χ3n) is 2.45. The maximum absolute atomic E-state index is 11.5. The molecular formula is C14H18O. The summed E-state index contributed by atoms with van der Waals surface area (Å²) in [4.78, 5) is 11.5. The van der Waals surface area contributed by atoms with Crippen LogP contribution in [0.4, 0.5) is 0 Å². The standard InChI is InChI=1S/C14H18O/c1-11(2)9-10-14(12(3)15)13-7-5-4-6-8-13/h4-9,14H,10H2,1-3H3. The Morgan fingerprint density at radius 2 is 1.80 bits per heavy atom. The van der Waals surface area contributed by atoms with Gasteiger partial charge in [0.15, 0.2) is 0 Å². The number of allylic oxidation sites excluding steroid dienone is 2. The van der Waals surface area contributed by atoms with Crippen molar-refractivity contribution in [1.82, 2.24) is 0 Å². The van der Waals surface area contributed by atoms with Gasteiger partial charge >= 0.3 is 0 Å². The molecule has 0 amide bonds. The minimum atomic E-state index is 0.0149. The highest BCUT2D eigenvalue weighted by Gasteiger charge is 2.14. The Balaban J connectivity index is 2.85. The number of carbonyl (C=O) groups excluding carboxylic acids is 1. The van der Waals surface area contributed by atoms with E-state index in [1.807, 2.05) is 30.3 Å². The minimum Gasteiger partial charge on any atom is -0.299 e. The van der Waals surface area contributed by atoms with Gasteiger partial charge in [0, 0.05) is 5.92 Å². The summed E-state index contributed by atoms with van der Waals surface area (Å²) in [6.45, 7) is 5.78. The van der Waals surface area contributed by atoms with E-state index in [1.54, 1.807) is 6.92 Å². The fraction of sp³-hybridized carbons (Fsp3) is 0.357. The highest BCUT2D eigenvalue weighted by molar-refractivity contribution is 5.83. The SMILES string of the molecule is CC(=O)C(CC=C(C)C)c1ccccc1. The molecule has 0 N–H and O–H groups in total. The predicted molar refractivity (Wildman–Crippen MR) is 63.9 cm³/mol. The molecule has 0 aliphatic carbocycles. The van der Waals surface area contributed by atoms with Crippen LogP contribution in [0.15, 0.2) is 42.0 Å². The van der Waals surface area contributed by atoms with E-state index >= 15 is 0 Å². The molecule has 0 aliphatic heterocycles. The van der Waals surface area contributed by atoms with Crippen LogP contribution in [-0.2, 0) is 4.79 Å². The average Bonchev–Trinajstić information content (AvgIpc) is 2.18. The van der Waals surface area contributed by atoms with Crippen molar-refractivity contribution in [1.29, 1.82) is 0 Å². The first-order chi connectivity index (χ1) is 7.11. The van der Waals surface area contributed by atoms with Gasteiger partial charge in [0.2, 0.25) is 0 Å². The molecule has 1 heteroatoms. The van der Waals surface area contributed by atoms with Crippen LogP contribution in [0.2, 0.25) is 0 Å². The van der Waals surface area contributed by atoms with Crippen molar-refractivity contribution in [3.05, 3.63) is 47.5 Å². The third-order valence-corrected chi connectivity index (χ3v) is 2.45. The van der Waals surface area contributed by atoms with Gasteiger partial charge in [0.25, 0.3) is 0 Å². The van der Waals surface area contributed by atoms with E-state index in [-0.39, 0.29) is 11.7 Å². The van der Waals surface area contributed by atoms with Crippen LogP contribution in [-0.4, -0.2) is 5.78 Å². The van der Waals surface area contributed by atoms with E-state index in [1.165, 1.54) is 5.57 Å². The molecule has 15 heavy (non-hydrogen) atoms. The largest absolute Gasteiger partial charge is 0.299 e. The molecule has 0 aliphatic rings. The molecule has 1 unspecified atom stereocenters. The van der Waals surface area contributed by atoms with Crippen molar-refractivity contribution in [3.63, 3.8) is 0 Å². The summed E-state index contributed by atoms with van der Waals surface area (Å²) in [5, 5.41) is 0. The molecule has 0 heterocycles. The Morgan fingerprint density at radius 1 is 1.20 bits per heavy atom. The lowest BCUT2D eigenvalue weighted by atomic mass is 9.91.